The Morgan fingerprint density at radius 2 is 1.73 bits per heavy atom. The van der Waals surface area contributed by atoms with Crippen molar-refractivity contribution >= 4 is 29.3 Å². The largest absolute Gasteiger partial charge is 0.389 e. The number of aliphatic hydroxyl groups excluding tert-OH is 1. The van der Waals surface area contributed by atoms with E-state index >= 15 is 0 Å². The maximum Gasteiger partial charge on any atom is 0.246 e. The summed E-state index contributed by atoms with van der Waals surface area (Å²) in [7, 11) is 0. The second-order valence-electron chi connectivity index (χ2n) is 10.6. The normalized spacial score (nSPS) is 21.7. The first kappa shape index (κ1) is 26.1. The predicted octanol–water partition coefficient (Wildman–Crippen LogP) is 3.81. The van der Waals surface area contributed by atoms with Gasteiger partial charge >= 0.3 is 0 Å². The van der Waals surface area contributed by atoms with Gasteiger partial charge in [0.15, 0.2) is 0 Å². The molecule has 37 heavy (non-hydrogen) atoms. The molecule has 2 saturated heterocycles. The summed E-state index contributed by atoms with van der Waals surface area (Å²) in [5, 5.41) is 26.3. The number of fused-ring (bicyclic) bond motifs is 2. The number of hydrogen-bond acceptors (Lipinski definition) is 5. The first-order chi connectivity index (χ1) is 17.7. The van der Waals surface area contributed by atoms with E-state index in [0.29, 0.717) is 19.6 Å². The van der Waals surface area contributed by atoms with Gasteiger partial charge in [-0.2, -0.15) is 0 Å². The van der Waals surface area contributed by atoms with E-state index in [9.17, 15) is 23.8 Å². The van der Waals surface area contributed by atoms with Crippen molar-refractivity contribution in [3.05, 3.63) is 70.3 Å². The number of nitrogens with one attached hydrogen (secondary N) is 1. The Labute approximate surface area is 220 Å². The van der Waals surface area contributed by atoms with Gasteiger partial charge in [0.2, 0.25) is 5.91 Å². The number of piperidine rings is 2. The second-order valence-corrected chi connectivity index (χ2v) is 11.0. The van der Waals surface area contributed by atoms with Crippen molar-refractivity contribution in [1.29, 1.82) is 0 Å². The lowest BCUT2D eigenvalue weighted by Crippen LogP contribution is -2.56. The lowest BCUT2D eigenvalue weighted by Gasteiger charge is -2.44. The molecular weight excluding hydrogens is 500 g/mol. The summed E-state index contributed by atoms with van der Waals surface area (Å²) in [4.78, 5) is 16.3. The van der Waals surface area contributed by atoms with Crippen LogP contribution in [0.4, 0.5) is 14.5 Å². The first-order valence-corrected chi connectivity index (χ1v) is 13.1. The number of anilines is 1. The topological polar surface area (TPSA) is 76.0 Å². The molecule has 9 heteroatoms. The highest BCUT2D eigenvalue weighted by Crippen LogP contribution is 2.45. The third kappa shape index (κ3) is 5.53. The average molecular weight is 532 g/mol. The fourth-order valence-electron chi connectivity index (χ4n) is 5.90. The molecule has 3 aliphatic rings. The number of rotatable bonds is 5. The highest BCUT2D eigenvalue weighted by Gasteiger charge is 2.44. The summed E-state index contributed by atoms with van der Waals surface area (Å²) in [6, 6.07) is 9.11. The Hall–Kier alpha value is -2.52. The Morgan fingerprint density at radius 1 is 1.05 bits per heavy atom. The number of hydrogen-bond donors (Lipinski definition) is 3. The van der Waals surface area contributed by atoms with E-state index in [1.807, 2.05) is 12.1 Å². The van der Waals surface area contributed by atoms with Gasteiger partial charge in [-0.3, -0.25) is 4.79 Å². The highest BCUT2D eigenvalue weighted by atomic mass is 35.5. The van der Waals surface area contributed by atoms with Crippen LogP contribution in [0.15, 0.2) is 42.5 Å². The Morgan fingerprint density at radius 3 is 2.41 bits per heavy atom. The van der Waals surface area contributed by atoms with Crippen molar-refractivity contribution in [1.82, 2.24) is 9.80 Å². The lowest BCUT2D eigenvalue weighted by atomic mass is 9.74. The van der Waals surface area contributed by atoms with Crippen LogP contribution in [0.2, 0.25) is 5.02 Å². The number of carbonyl (C=O) groups excluding carboxylic acids is 1. The van der Waals surface area contributed by atoms with Crippen molar-refractivity contribution in [3.8, 4) is 0 Å². The molecule has 1 spiro atoms. The van der Waals surface area contributed by atoms with Crippen LogP contribution >= 0.6 is 11.6 Å². The molecular formula is C28H32ClF2N3O3. The number of amides is 1. The summed E-state index contributed by atoms with van der Waals surface area (Å²) in [6.07, 6.45) is 4.18. The Kier molecular flexibility index (Phi) is 7.29. The zero-order valence-corrected chi connectivity index (χ0v) is 21.4. The quantitative estimate of drug-likeness (QED) is 0.512. The van der Waals surface area contributed by atoms with Crippen LogP contribution < -0.4 is 5.32 Å². The van der Waals surface area contributed by atoms with Gasteiger partial charge in [-0.15, -0.1) is 0 Å². The van der Waals surface area contributed by atoms with Gasteiger partial charge in [-0.25, -0.2) is 8.78 Å². The van der Waals surface area contributed by atoms with E-state index in [-0.39, 0.29) is 29.7 Å². The minimum absolute atomic E-state index is 0.0782. The van der Waals surface area contributed by atoms with Crippen LogP contribution in [0.3, 0.4) is 0 Å². The Bertz CT molecular complexity index is 1170. The number of aliphatic hydroxyl groups is 2. The van der Waals surface area contributed by atoms with Crippen LogP contribution in [0.5, 0.6) is 0 Å². The van der Waals surface area contributed by atoms with Crippen molar-refractivity contribution in [2.24, 2.45) is 0 Å². The monoisotopic (exact) mass is 531 g/mol. The standard InChI is InChI=1S/C28H32ClF2N3O3/c29-20-2-3-23-24(15-20)32-18-27(23)5-9-33(10-6-27)17-25(35)28(37)7-11-34(12-8-28)26(36)4-1-19-13-21(30)16-22(31)14-19/h1-4,13-16,25,32,35,37H,5-12,17-18H2/b4-1+. The zero-order valence-electron chi connectivity index (χ0n) is 20.6. The number of carbonyl (C=O) groups is 1. The van der Waals surface area contributed by atoms with Crippen molar-refractivity contribution in [2.75, 3.05) is 44.6 Å². The molecule has 0 saturated carbocycles. The molecule has 1 atom stereocenters. The van der Waals surface area contributed by atoms with E-state index in [4.69, 9.17) is 11.6 Å². The number of likely N-dealkylation sites (tertiary alicyclic amines) is 2. The van der Waals surface area contributed by atoms with Gasteiger partial charge in [0.1, 0.15) is 11.6 Å². The maximum absolute atomic E-state index is 13.4. The van der Waals surface area contributed by atoms with Crippen LogP contribution in [-0.2, 0) is 10.2 Å². The molecule has 1 unspecified atom stereocenters. The maximum atomic E-state index is 13.4. The van der Waals surface area contributed by atoms with Gasteiger partial charge in [-0.05, 0) is 80.2 Å². The fraction of sp³-hybridized carbons (Fsp3) is 0.464. The summed E-state index contributed by atoms with van der Waals surface area (Å²) in [6.45, 7) is 3.51. The van der Waals surface area contributed by atoms with Gasteiger partial charge in [0.25, 0.3) is 0 Å². The average Bonchev–Trinajstić information content (AvgIpc) is 3.20. The molecule has 5 rings (SSSR count). The van der Waals surface area contributed by atoms with Gasteiger partial charge in [-0.1, -0.05) is 17.7 Å². The highest BCUT2D eigenvalue weighted by molar-refractivity contribution is 6.30. The van der Waals surface area contributed by atoms with E-state index < -0.39 is 23.3 Å². The molecule has 3 aliphatic heterocycles. The van der Waals surface area contributed by atoms with Crippen molar-refractivity contribution < 1.29 is 23.8 Å². The van der Waals surface area contributed by atoms with E-state index in [1.165, 1.54) is 17.7 Å². The van der Waals surface area contributed by atoms with E-state index in [2.05, 4.69) is 16.3 Å². The van der Waals surface area contributed by atoms with Gasteiger partial charge in [0.05, 0.1) is 11.7 Å². The molecule has 2 aromatic rings. The van der Waals surface area contributed by atoms with Crippen LogP contribution in [0.25, 0.3) is 6.08 Å². The predicted molar refractivity (Wildman–Crippen MR) is 139 cm³/mol. The summed E-state index contributed by atoms with van der Waals surface area (Å²) >= 11 is 6.15. The summed E-state index contributed by atoms with van der Waals surface area (Å²) in [5.74, 6) is -1.71. The number of β-amino-alcohol motifs (C(OH)–C–C–N with tert-alkyl or cyclic N) is 1. The van der Waals surface area contributed by atoms with Crippen molar-refractivity contribution in [2.45, 2.75) is 42.8 Å². The first-order valence-electron chi connectivity index (χ1n) is 12.8. The molecule has 198 valence electrons. The fourth-order valence-corrected chi connectivity index (χ4v) is 6.07. The summed E-state index contributed by atoms with van der Waals surface area (Å²) < 4.78 is 26.7. The third-order valence-electron chi connectivity index (χ3n) is 8.28. The number of halogens is 3. The zero-order chi connectivity index (χ0) is 26.2. The van der Waals surface area contributed by atoms with Crippen LogP contribution in [-0.4, -0.2) is 76.9 Å². The molecule has 2 fully saturated rings. The molecule has 6 nitrogen and oxygen atoms in total. The van der Waals surface area contributed by atoms with Crippen LogP contribution in [0, 0.1) is 11.6 Å². The van der Waals surface area contributed by atoms with Crippen LogP contribution in [0.1, 0.15) is 36.8 Å². The molecule has 0 aromatic heterocycles. The molecule has 2 aromatic carbocycles. The van der Waals surface area contributed by atoms with Crippen molar-refractivity contribution in [3.63, 3.8) is 0 Å². The molecule has 3 heterocycles. The smallest absolute Gasteiger partial charge is 0.246 e. The van der Waals surface area contributed by atoms with Gasteiger partial charge < -0.3 is 25.3 Å². The Balaban J connectivity index is 1.12. The minimum Gasteiger partial charge on any atom is -0.389 e. The molecule has 0 aliphatic carbocycles. The number of nitrogens with zero attached hydrogens (tertiary/aromatic N) is 2. The minimum atomic E-state index is -1.26. The SMILES string of the molecule is O=C(/C=C/c1cc(F)cc(F)c1)N1CCC(O)(C(O)CN2CCC3(CC2)CNc2cc(Cl)ccc23)CC1. The lowest BCUT2D eigenvalue weighted by molar-refractivity contribution is -0.140. The van der Waals surface area contributed by atoms with E-state index in [1.54, 1.807) is 4.90 Å². The second kappa shape index (κ2) is 10.3. The summed E-state index contributed by atoms with van der Waals surface area (Å²) in [5.41, 5.74) is 1.49. The molecule has 1 amide bonds. The third-order valence-corrected chi connectivity index (χ3v) is 8.51. The molecule has 0 bridgehead atoms. The molecule has 0 radical (unpaired) electrons. The van der Waals surface area contributed by atoms with E-state index in [0.717, 1.165) is 61.4 Å². The number of benzene rings is 2. The van der Waals surface area contributed by atoms with Gasteiger partial charge in [0, 0.05) is 54.4 Å². The molecule has 3 N–H and O–H groups in total.